The first-order valence-corrected chi connectivity index (χ1v) is 26.4. The third-order valence-electron chi connectivity index (χ3n) is 10.7. The second kappa shape index (κ2) is 46.2. The highest BCUT2D eigenvalue weighted by molar-refractivity contribution is 7.47. The van der Waals surface area contributed by atoms with Gasteiger partial charge in [0.2, 0.25) is 0 Å². The topological polar surface area (TPSA) is 149 Å². The van der Waals surface area contributed by atoms with E-state index in [0.717, 1.165) is 44.9 Å². The number of unbranched alkanes of at least 4 members (excludes halogenated alkanes) is 27. The summed E-state index contributed by atoms with van der Waals surface area (Å²) in [6.45, 7) is 2.35. The number of allylic oxidation sites excluding steroid dienone is 6. The van der Waals surface area contributed by atoms with Crippen LogP contribution in [0.3, 0.4) is 0 Å². The van der Waals surface area contributed by atoms with Crippen LogP contribution in [0.15, 0.2) is 36.5 Å². The van der Waals surface area contributed by atoms with Gasteiger partial charge >= 0.3 is 19.8 Å². The van der Waals surface area contributed by atoms with E-state index in [1.165, 1.54) is 141 Å². The minimum absolute atomic E-state index is 0.125. The Balaban J connectivity index is 4.23. The summed E-state index contributed by atoms with van der Waals surface area (Å²) in [5, 5.41) is 18.4. The first-order valence-electron chi connectivity index (χ1n) is 24.9. The zero-order chi connectivity index (χ0) is 44.8. The lowest BCUT2D eigenvalue weighted by Crippen LogP contribution is -2.29. The molecule has 10 nitrogen and oxygen atoms in total. The van der Waals surface area contributed by atoms with Crippen LogP contribution in [0.2, 0.25) is 0 Å². The third kappa shape index (κ3) is 46.0. The molecule has 11 heteroatoms. The van der Waals surface area contributed by atoms with Gasteiger partial charge in [-0.3, -0.25) is 18.6 Å². The number of aliphatic hydroxyl groups is 2. The number of phosphoric ester groups is 1. The number of hydrogen-bond acceptors (Lipinski definition) is 9. The molecule has 0 heterocycles. The Morgan fingerprint density at radius 1 is 0.475 bits per heavy atom. The van der Waals surface area contributed by atoms with Crippen molar-refractivity contribution in [2.45, 2.75) is 244 Å². The molecule has 61 heavy (non-hydrogen) atoms. The molecule has 0 aromatic carbocycles. The van der Waals surface area contributed by atoms with Crippen LogP contribution >= 0.6 is 7.82 Å². The molecule has 0 aliphatic rings. The van der Waals surface area contributed by atoms with Crippen LogP contribution in [-0.2, 0) is 32.7 Å². The molecule has 358 valence electrons. The molecule has 0 aliphatic heterocycles. The minimum Gasteiger partial charge on any atom is -0.462 e. The average Bonchev–Trinajstić information content (AvgIpc) is 3.25. The highest BCUT2D eigenvalue weighted by Gasteiger charge is 2.27. The molecule has 3 N–H and O–H groups in total. The van der Waals surface area contributed by atoms with Crippen LogP contribution in [0.4, 0.5) is 0 Å². The molecular formula is C50H93O10P. The van der Waals surface area contributed by atoms with E-state index < -0.39 is 51.8 Å². The second-order valence-corrected chi connectivity index (χ2v) is 18.3. The molecule has 0 fully saturated rings. The van der Waals surface area contributed by atoms with E-state index in [-0.39, 0.29) is 19.4 Å². The van der Waals surface area contributed by atoms with Crippen molar-refractivity contribution >= 4 is 19.8 Å². The molecule has 1 unspecified atom stereocenters. The number of phosphoric acid groups is 1. The van der Waals surface area contributed by atoms with Crippen molar-refractivity contribution < 1.29 is 47.8 Å². The number of rotatable bonds is 47. The fraction of sp³-hybridized carbons (Fsp3) is 0.840. The van der Waals surface area contributed by atoms with Crippen molar-refractivity contribution in [1.82, 2.24) is 0 Å². The Morgan fingerprint density at radius 3 is 1.30 bits per heavy atom. The summed E-state index contributed by atoms with van der Waals surface area (Å²) < 4.78 is 32.8. The maximum atomic E-state index is 12.6. The normalized spacial score (nSPS) is 14.0. The zero-order valence-corrected chi connectivity index (χ0v) is 40.0. The van der Waals surface area contributed by atoms with Gasteiger partial charge in [0.1, 0.15) is 12.7 Å². The second-order valence-electron chi connectivity index (χ2n) is 16.8. The predicted molar refractivity (Wildman–Crippen MR) is 251 cm³/mol. The number of aliphatic hydroxyl groups excluding tert-OH is 2. The molecular weight excluding hydrogens is 792 g/mol. The van der Waals surface area contributed by atoms with Crippen molar-refractivity contribution in [3.63, 3.8) is 0 Å². The summed E-state index contributed by atoms with van der Waals surface area (Å²) in [4.78, 5) is 35.1. The van der Waals surface area contributed by atoms with Crippen LogP contribution in [0.1, 0.15) is 232 Å². The van der Waals surface area contributed by atoms with E-state index >= 15 is 0 Å². The van der Waals surface area contributed by atoms with Crippen LogP contribution in [0, 0.1) is 0 Å². The molecule has 0 radical (unpaired) electrons. The third-order valence-corrected chi connectivity index (χ3v) is 11.7. The van der Waals surface area contributed by atoms with Gasteiger partial charge in [-0.15, -0.1) is 0 Å². The summed E-state index contributed by atoms with van der Waals surface area (Å²) in [5.74, 6) is -0.973. The van der Waals surface area contributed by atoms with Gasteiger partial charge in [-0.25, -0.2) is 4.57 Å². The van der Waals surface area contributed by atoms with Crippen molar-refractivity contribution in [2.75, 3.05) is 26.4 Å². The van der Waals surface area contributed by atoms with Crippen molar-refractivity contribution in [3.05, 3.63) is 36.5 Å². The van der Waals surface area contributed by atoms with E-state index in [1.807, 2.05) is 0 Å². The lowest BCUT2D eigenvalue weighted by molar-refractivity contribution is -0.161. The predicted octanol–water partition coefficient (Wildman–Crippen LogP) is 13.9. The van der Waals surface area contributed by atoms with Gasteiger partial charge in [-0.2, -0.15) is 0 Å². The lowest BCUT2D eigenvalue weighted by Gasteiger charge is -2.20. The van der Waals surface area contributed by atoms with E-state index in [0.29, 0.717) is 19.3 Å². The standard InChI is InChI=1S/C50H93O10P/c1-3-5-7-9-11-13-15-17-19-20-21-22-23-24-25-26-28-30-32-34-36-38-40-42-50(54)60-48(46-59-61(55,56)58-44-47(52)43-51)45-57-49(53)41-39-37-35-33-31-29-27-18-16-14-12-10-8-6-4-2/h14,16,26,28,34,36,47-48,51-52H,3-13,15,17-25,27,29-33,35,37-46H2,1-2H3,(H,55,56)/b16-14+,28-26+,36-34+/t47-,48+/m0/s1. The highest BCUT2D eigenvalue weighted by Crippen LogP contribution is 2.43. The van der Waals surface area contributed by atoms with E-state index in [4.69, 9.17) is 23.6 Å². The summed E-state index contributed by atoms with van der Waals surface area (Å²) in [6.07, 6.45) is 49.8. The first kappa shape index (κ1) is 59.2. The zero-order valence-electron chi connectivity index (χ0n) is 39.1. The Hall–Kier alpha value is -1.81. The van der Waals surface area contributed by atoms with Gasteiger partial charge in [-0.05, 0) is 70.6 Å². The lowest BCUT2D eigenvalue weighted by atomic mass is 10.0. The molecule has 0 saturated heterocycles. The summed E-state index contributed by atoms with van der Waals surface area (Å²) in [6, 6.07) is 0. The maximum Gasteiger partial charge on any atom is 0.472 e. The van der Waals surface area contributed by atoms with Gasteiger partial charge in [0.25, 0.3) is 0 Å². The minimum atomic E-state index is -4.63. The van der Waals surface area contributed by atoms with Gasteiger partial charge in [-0.1, -0.05) is 185 Å². The molecule has 0 aliphatic carbocycles. The Kier molecular flexibility index (Phi) is 44.8. The van der Waals surface area contributed by atoms with Crippen molar-refractivity contribution in [3.8, 4) is 0 Å². The fourth-order valence-electron chi connectivity index (χ4n) is 6.89. The molecule has 3 atom stereocenters. The SMILES string of the molecule is CCCCCC/C=C/CCCCCCCCCC(=O)OC[C@H](COP(=O)(O)OC[C@@H](O)CO)OC(=O)CCC/C=C/CC/C=C/CCCCCCCCCCCCCCCC. The van der Waals surface area contributed by atoms with Gasteiger partial charge in [0, 0.05) is 12.8 Å². The monoisotopic (exact) mass is 885 g/mol. The first-order chi connectivity index (χ1) is 29.7. The van der Waals surface area contributed by atoms with Crippen LogP contribution < -0.4 is 0 Å². The number of carbonyl (C=O) groups excluding carboxylic acids is 2. The van der Waals surface area contributed by atoms with Crippen LogP contribution in [0.25, 0.3) is 0 Å². The average molecular weight is 885 g/mol. The van der Waals surface area contributed by atoms with Crippen LogP contribution in [-0.4, -0.2) is 65.7 Å². The summed E-state index contributed by atoms with van der Waals surface area (Å²) >= 11 is 0. The van der Waals surface area contributed by atoms with Crippen molar-refractivity contribution in [1.29, 1.82) is 0 Å². The van der Waals surface area contributed by atoms with Gasteiger partial charge < -0.3 is 24.6 Å². The number of ether oxygens (including phenoxy) is 2. The van der Waals surface area contributed by atoms with E-state index in [1.54, 1.807) is 0 Å². The largest absolute Gasteiger partial charge is 0.472 e. The summed E-state index contributed by atoms with van der Waals surface area (Å²) in [7, 11) is -4.63. The Bertz CT molecular complexity index is 1110. The molecule has 0 spiro atoms. The molecule has 0 aromatic heterocycles. The van der Waals surface area contributed by atoms with Crippen molar-refractivity contribution in [2.24, 2.45) is 0 Å². The quantitative estimate of drug-likeness (QED) is 0.0233. The van der Waals surface area contributed by atoms with E-state index in [2.05, 4.69) is 50.3 Å². The fourth-order valence-corrected chi connectivity index (χ4v) is 7.68. The highest BCUT2D eigenvalue weighted by atomic mass is 31.2. The Morgan fingerprint density at radius 2 is 0.836 bits per heavy atom. The van der Waals surface area contributed by atoms with Crippen LogP contribution in [0.5, 0.6) is 0 Å². The van der Waals surface area contributed by atoms with Gasteiger partial charge in [0.15, 0.2) is 6.10 Å². The molecule has 0 saturated carbocycles. The van der Waals surface area contributed by atoms with E-state index in [9.17, 15) is 24.2 Å². The Labute approximate surface area is 373 Å². The van der Waals surface area contributed by atoms with Gasteiger partial charge in [0.05, 0.1) is 19.8 Å². The number of hydrogen-bond donors (Lipinski definition) is 3. The molecule has 0 aromatic rings. The number of carbonyl (C=O) groups is 2. The molecule has 0 rings (SSSR count). The molecule has 0 bridgehead atoms. The summed E-state index contributed by atoms with van der Waals surface area (Å²) in [5.41, 5.74) is 0. The maximum absolute atomic E-state index is 12.6. The smallest absolute Gasteiger partial charge is 0.462 e. The molecule has 0 amide bonds. The number of esters is 2.